The predicted octanol–water partition coefficient (Wildman–Crippen LogP) is 0.504. The molecule has 0 unspecified atom stereocenters. The Kier molecular flexibility index (Phi) is 4.34. The second-order valence-corrected chi connectivity index (χ2v) is 3.91. The molecular formula is C11H21N5. The van der Waals surface area contributed by atoms with Gasteiger partial charge in [-0.2, -0.15) is 5.10 Å². The lowest BCUT2D eigenvalue weighted by atomic mass is 10.1. The summed E-state index contributed by atoms with van der Waals surface area (Å²) in [7, 11) is 3.66. The molecule has 0 atom stereocenters. The fourth-order valence-electron chi connectivity index (χ4n) is 1.74. The maximum atomic E-state index is 5.54. The molecule has 1 aromatic rings. The molecule has 0 bridgehead atoms. The molecule has 0 aliphatic carbocycles. The molecule has 0 fully saturated rings. The minimum Gasteiger partial charge on any atom is -0.370 e. The fraction of sp³-hybridized carbons (Fsp3) is 0.636. The van der Waals surface area contributed by atoms with E-state index in [1.165, 1.54) is 11.3 Å². The first-order chi connectivity index (χ1) is 7.56. The molecule has 1 rings (SSSR count). The van der Waals surface area contributed by atoms with E-state index in [-0.39, 0.29) is 0 Å². The smallest absolute Gasteiger partial charge is 0.188 e. The Morgan fingerprint density at radius 3 is 2.69 bits per heavy atom. The van der Waals surface area contributed by atoms with Crippen molar-refractivity contribution in [2.24, 2.45) is 17.8 Å². The number of aromatic nitrogens is 2. The standard InChI is InChI=1S/C11H21N5/c1-8-10(9(2)16(4)15-8)6-5-7-14-11(12)13-3/h5-7H2,1-4H3,(H3,12,13,14). The summed E-state index contributed by atoms with van der Waals surface area (Å²) in [5, 5.41) is 7.44. The highest BCUT2D eigenvalue weighted by atomic mass is 15.3. The third kappa shape index (κ3) is 2.98. The largest absolute Gasteiger partial charge is 0.370 e. The summed E-state index contributed by atoms with van der Waals surface area (Å²) >= 11 is 0. The Morgan fingerprint density at radius 1 is 1.50 bits per heavy atom. The molecule has 16 heavy (non-hydrogen) atoms. The number of nitrogens with zero attached hydrogens (tertiary/aromatic N) is 3. The zero-order valence-electron chi connectivity index (χ0n) is 10.5. The van der Waals surface area contributed by atoms with Gasteiger partial charge < -0.3 is 11.1 Å². The summed E-state index contributed by atoms with van der Waals surface area (Å²) in [6.45, 7) is 5.00. The Labute approximate surface area is 96.7 Å². The summed E-state index contributed by atoms with van der Waals surface area (Å²) in [6.07, 6.45) is 2.05. The van der Waals surface area contributed by atoms with Crippen molar-refractivity contribution in [1.29, 1.82) is 0 Å². The highest BCUT2D eigenvalue weighted by molar-refractivity contribution is 5.77. The van der Waals surface area contributed by atoms with Crippen molar-refractivity contribution >= 4 is 5.96 Å². The van der Waals surface area contributed by atoms with Crippen LogP contribution in [-0.2, 0) is 13.5 Å². The van der Waals surface area contributed by atoms with E-state index in [9.17, 15) is 0 Å². The average Bonchev–Trinajstić information content (AvgIpc) is 2.49. The highest BCUT2D eigenvalue weighted by Crippen LogP contribution is 2.13. The third-order valence-corrected chi connectivity index (χ3v) is 2.81. The zero-order valence-corrected chi connectivity index (χ0v) is 10.5. The van der Waals surface area contributed by atoms with E-state index in [1.807, 2.05) is 11.7 Å². The van der Waals surface area contributed by atoms with Gasteiger partial charge in [0.25, 0.3) is 0 Å². The number of hydrogen-bond acceptors (Lipinski definition) is 2. The summed E-state index contributed by atoms with van der Waals surface area (Å²) < 4.78 is 1.93. The van der Waals surface area contributed by atoms with Crippen LogP contribution in [0, 0.1) is 13.8 Å². The maximum absolute atomic E-state index is 5.54. The number of aryl methyl sites for hydroxylation is 2. The quantitative estimate of drug-likeness (QED) is 0.444. The normalized spacial score (nSPS) is 11.9. The lowest BCUT2D eigenvalue weighted by Crippen LogP contribution is -2.32. The molecule has 5 nitrogen and oxygen atoms in total. The van der Waals surface area contributed by atoms with Gasteiger partial charge in [0.05, 0.1) is 5.69 Å². The predicted molar refractivity (Wildman–Crippen MR) is 66.6 cm³/mol. The van der Waals surface area contributed by atoms with Crippen LogP contribution >= 0.6 is 0 Å². The molecule has 0 aliphatic heterocycles. The summed E-state index contributed by atoms with van der Waals surface area (Å²) in [5.74, 6) is 0.500. The minimum atomic E-state index is 0.500. The maximum Gasteiger partial charge on any atom is 0.188 e. The van der Waals surface area contributed by atoms with Gasteiger partial charge in [-0.3, -0.25) is 9.67 Å². The minimum absolute atomic E-state index is 0.500. The highest BCUT2D eigenvalue weighted by Gasteiger charge is 2.08. The molecule has 0 radical (unpaired) electrons. The molecule has 1 aromatic heterocycles. The van der Waals surface area contributed by atoms with E-state index in [4.69, 9.17) is 5.73 Å². The monoisotopic (exact) mass is 223 g/mol. The van der Waals surface area contributed by atoms with Crippen molar-refractivity contribution in [3.8, 4) is 0 Å². The summed E-state index contributed by atoms with van der Waals surface area (Å²) in [5.41, 5.74) is 9.25. The van der Waals surface area contributed by atoms with Crippen molar-refractivity contribution in [3.05, 3.63) is 17.0 Å². The van der Waals surface area contributed by atoms with Crippen molar-refractivity contribution in [2.45, 2.75) is 26.7 Å². The second kappa shape index (κ2) is 5.53. The number of rotatable bonds is 4. The summed E-state index contributed by atoms with van der Waals surface area (Å²) in [4.78, 5) is 3.84. The molecule has 0 amide bonds. The Hall–Kier alpha value is -1.52. The Morgan fingerprint density at radius 2 is 2.19 bits per heavy atom. The molecule has 0 saturated carbocycles. The van der Waals surface area contributed by atoms with Gasteiger partial charge in [-0.25, -0.2) is 0 Å². The van der Waals surface area contributed by atoms with Crippen molar-refractivity contribution in [1.82, 2.24) is 15.1 Å². The van der Waals surface area contributed by atoms with Crippen LogP contribution in [-0.4, -0.2) is 29.3 Å². The molecule has 5 heteroatoms. The van der Waals surface area contributed by atoms with Crippen LogP contribution in [0.5, 0.6) is 0 Å². The van der Waals surface area contributed by atoms with Crippen molar-refractivity contribution in [3.63, 3.8) is 0 Å². The first-order valence-electron chi connectivity index (χ1n) is 5.51. The molecule has 3 N–H and O–H groups in total. The average molecular weight is 223 g/mol. The number of nitrogens with two attached hydrogens (primary N) is 1. The number of guanidine groups is 1. The van der Waals surface area contributed by atoms with Crippen LogP contribution in [0.25, 0.3) is 0 Å². The van der Waals surface area contributed by atoms with E-state index in [1.54, 1.807) is 7.05 Å². The van der Waals surface area contributed by atoms with Gasteiger partial charge in [0, 0.05) is 26.3 Å². The first-order valence-corrected chi connectivity index (χ1v) is 5.51. The van der Waals surface area contributed by atoms with E-state index in [0.717, 1.165) is 25.1 Å². The molecule has 0 saturated heterocycles. The third-order valence-electron chi connectivity index (χ3n) is 2.81. The lowest BCUT2D eigenvalue weighted by Gasteiger charge is -2.05. The topological polar surface area (TPSA) is 68.2 Å². The van der Waals surface area contributed by atoms with Gasteiger partial charge in [0.15, 0.2) is 5.96 Å². The molecular weight excluding hydrogens is 202 g/mol. The van der Waals surface area contributed by atoms with E-state index >= 15 is 0 Å². The van der Waals surface area contributed by atoms with Gasteiger partial charge in [0.2, 0.25) is 0 Å². The van der Waals surface area contributed by atoms with Gasteiger partial charge in [-0.15, -0.1) is 0 Å². The molecule has 0 aromatic carbocycles. The van der Waals surface area contributed by atoms with E-state index in [0.29, 0.717) is 5.96 Å². The number of hydrogen-bond donors (Lipinski definition) is 2. The van der Waals surface area contributed by atoms with Crippen LogP contribution in [0.2, 0.25) is 0 Å². The Balaban J connectivity index is 2.43. The number of nitrogens with one attached hydrogen (secondary N) is 1. The summed E-state index contributed by atoms with van der Waals surface area (Å²) in [6, 6.07) is 0. The van der Waals surface area contributed by atoms with Gasteiger partial charge >= 0.3 is 0 Å². The van der Waals surface area contributed by atoms with Crippen LogP contribution < -0.4 is 11.1 Å². The lowest BCUT2D eigenvalue weighted by molar-refractivity contribution is 0.726. The SMILES string of the molecule is CN=C(N)NCCCc1c(C)nn(C)c1C. The molecule has 0 spiro atoms. The van der Waals surface area contributed by atoms with Crippen LogP contribution in [0.4, 0.5) is 0 Å². The van der Waals surface area contributed by atoms with Crippen LogP contribution in [0.3, 0.4) is 0 Å². The van der Waals surface area contributed by atoms with E-state index < -0.39 is 0 Å². The van der Waals surface area contributed by atoms with Crippen molar-refractivity contribution in [2.75, 3.05) is 13.6 Å². The van der Waals surface area contributed by atoms with Gasteiger partial charge in [0.1, 0.15) is 0 Å². The fourth-order valence-corrected chi connectivity index (χ4v) is 1.74. The Bertz CT molecular complexity index is 378. The number of aliphatic imine (C=N–C) groups is 1. The van der Waals surface area contributed by atoms with Crippen molar-refractivity contribution < 1.29 is 0 Å². The molecule has 1 heterocycles. The van der Waals surface area contributed by atoms with Gasteiger partial charge in [-0.05, 0) is 32.3 Å². The van der Waals surface area contributed by atoms with Crippen LogP contribution in [0.15, 0.2) is 4.99 Å². The first kappa shape index (κ1) is 12.5. The zero-order chi connectivity index (χ0) is 12.1. The van der Waals surface area contributed by atoms with Crippen LogP contribution in [0.1, 0.15) is 23.4 Å². The molecule has 0 aliphatic rings. The second-order valence-electron chi connectivity index (χ2n) is 3.91. The molecule has 90 valence electrons. The van der Waals surface area contributed by atoms with E-state index in [2.05, 4.69) is 29.3 Å². The van der Waals surface area contributed by atoms with Gasteiger partial charge in [-0.1, -0.05) is 0 Å².